The summed E-state index contributed by atoms with van der Waals surface area (Å²) in [4.78, 5) is 24.2. The summed E-state index contributed by atoms with van der Waals surface area (Å²) in [5.41, 5.74) is -0.127. The van der Waals surface area contributed by atoms with Gasteiger partial charge in [-0.25, -0.2) is 0 Å². The summed E-state index contributed by atoms with van der Waals surface area (Å²) in [7, 11) is 0. The molecule has 5 nitrogen and oxygen atoms in total. The molecule has 0 heterocycles. The number of rotatable bonds is 6. The van der Waals surface area contributed by atoms with E-state index in [9.17, 15) is 9.59 Å². The SMILES string of the molecule is CC(C)(C)CN(CC(=O)O)C(=O)COC1CCCC1. The highest BCUT2D eigenvalue weighted by Gasteiger charge is 2.24. The lowest BCUT2D eigenvalue weighted by atomic mass is 9.96. The van der Waals surface area contributed by atoms with E-state index in [-0.39, 0.29) is 30.6 Å². The molecule has 0 aromatic carbocycles. The van der Waals surface area contributed by atoms with Crippen molar-refractivity contribution < 1.29 is 19.4 Å². The van der Waals surface area contributed by atoms with Crippen LogP contribution in [0.4, 0.5) is 0 Å². The number of hydrogen-bond acceptors (Lipinski definition) is 3. The third-order valence-electron chi connectivity index (χ3n) is 3.09. The zero-order valence-electron chi connectivity index (χ0n) is 12.1. The number of carbonyl (C=O) groups is 2. The fourth-order valence-corrected chi connectivity index (χ4v) is 2.30. The number of carboxylic acids is 1. The smallest absolute Gasteiger partial charge is 0.323 e. The second-order valence-electron chi connectivity index (χ2n) is 6.42. The molecule has 0 radical (unpaired) electrons. The van der Waals surface area contributed by atoms with E-state index in [0.717, 1.165) is 25.7 Å². The average Bonchev–Trinajstić information content (AvgIpc) is 2.75. The van der Waals surface area contributed by atoms with E-state index in [2.05, 4.69) is 0 Å². The van der Waals surface area contributed by atoms with Crippen LogP contribution in [0.25, 0.3) is 0 Å². The zero-order valence-corrected chi connectivity index (χ0v) is 12.1. The van der Waals surface area contributed by atoms with E-state index in [1.807, 2.05) is 20.8 Å². The minimum atomic E-state index is -0.988. The van der Waals surface area contributed by atoms with Crippen LogP contribution in [-0.2, 0) is 14.3 Å². The maximum Gasteiger partial charge on any atom is 0.323 e. The molecule has 0 unspecified atom stereocenters. The van der Waals surface area contributed by atoms with Crippen molar-refractivity contribution in [2.75, 3.05) is 19.7 Å². The van der Waals surface area contributed by atoms with Gasteiger partial charge in [0.15, 0.2) is 0 Å². The van der Waals surface area contributed by atoms with Gasteiger partial charge in [0.2, 0.25) is 5.91 Å². The monoisotopic (exact) mass is 271 g/mol. The molecule has 0 spiro atoms. The standard InChI is InChI=1S/C14H25NO4/c1-14(2,3)10-15(8-13(17)18)12(16)9-19-11-6-4-5-7-11/h11H,4-10H2,1-3H3,(H,17,18). The largest absolute Gasteiger partial charge is 0.480 e. The zero-order chi connectivity index (χ0) is 14.5. The first-order valence-electron chi connectivity index (χ1n) is 6.89. The fourth-order valence-electron chi connectivity index (χ4n) is 2.30. The van der Waals surface area contributed by atoms with Crippen LogP contribution in [0.3, 0.4) is 0 Å². The molecule has 5 heteroatoms. The number of ether oxygens (including phenoxy) is 1. The van der Waals surface area contributed by atoms with Crippen molar-refractivity contribution in [3.05, 3.63) is 0 Å². The van der Waals surface area contributed by atoms with Crippen LogP contribution in [0.1, 0.15) is 46.5 Å². The van der Waals surface area contributed by atoms with Gasteiger partial charge in [0.1, 0.15) is 13.2 Å². The van der Waals surface area contributed by atoms with Gasteiger partial charge in [0, 0.05) is 6.54 Å². The molecule has 1 aliphatic rings. The Balaban J connectivity index is 2.47. The molecule has 0 aromatic heterocycles. The lowest BCUT2D eigenvalue weighted by molar-refractivity contribution is -0.148. The van der Waals surface area contributed by atoms with Gasteiger partial charge in [-0.05, 0) is 18.3 Å². The Morgan fingerprint density at radius 3 is 2.32 bits per heavy atom. The Kier molecular flexibility index (Phi) is 5.79. The molecule has 1 fully saturated rings. The number of carboxylic acid groups (broad SMARTS) is 1. The first kappa shape index (κ1) is 16.0. The van der Waals surface area contributed by atoms with E-state index in [1.54, 1.807) is 0 Å². The molecular formula is C14H25NO4. The maximum absolute atomic E-state index is 12.1. The van der Waals surface area contributed by atoms with Crippen molar-refractivity contribution in [2.45, 2.75) is 52.6 Å². The van der Waals surface area contributed by atoms with Gasteiger partial charge < -0.3 is 14.7 Å². The normalized spacial score (nSPS) is 16.6. The summed E-state index contributed by atoms with van der Waals surface area (Å²) < 4.78 is 5.56. The van der Waals surface area contributed by atoms with Crippen molar-refractivity contribution in [1.29, 1.82) is 0 Å². The number of carbonyl (C=O) groups excluding carboxylic acids is 1. The van der Waals surface area contributed by atoms with Crippen molar-refractivity contribution in [1.82, 2.24) is 4.90 Å². The van der Waals surface area contributed by atoms with Gasteiger partial charge in [0.25, 0.3) is 0 Å². The number of nitrogens with zero attached hydrogens (tertiary/aromatic N) is 1. The first-order valence-corrected chi connectivity index (χ1v) is 6.89. The topological polar surface area (TPSA) is 66.8 Å². The highest BCUT2D eigenvalue weighted by molar-refractivity contribution is 5.82. The summed E-state index contributed by atoms with van der Waals surface area (Å²) in [6.07, 6.45) is 4.49. The predicted octanol–water partition coefficient (Wildman–Crippen LogP) is 1.90. The van der Waals surface area contributed by atoms with Crippen LogP contribution in [0, 0.1) is 5.41 Å². The second-order valence-corrected chi connectivity index (χ2v) is 6.42. The van der Waals surface area contributed by atoms with Crippen LogP contribution in [0.15, 0.2) is 0 Å². The van der Waals surface area contributed by atoms with Gasteiger partial charge in [-0.3, -0.25) is 9.59 Å². The van der Waals surface area contributed by atoms with Crippen LogP contribution < -0.4 is 0 Å². The van der Waals surface area contributed by atoms with E-state index in [0.29, 0.717) is 6.54 Å². The summed E-state index contributed by atoms with van der Waals surface area (Å²) >= 11 is 0. The highest BCUT2D eigenvalue weighted by Crippen LogP contribution is 2.21. The molecule has 1 saturated carbocycles. The molecular weight excluding hydrogens is 246 g/mol. The molecule has 0 atom stereocenters. The molecule has 1 N–H and O–H groups in total. The number of hydrogen-bond donors (Lipinski definition) is 1. The van der Waals surface area contributed by atoms with E-state index < -0.39 is 5.97 Å². The summed E-state index contributed by atoms with van der Waals surface area (Å²) in [5, 5.41) is 8.87. The van der Waals surface area contributed by atoms with Gasteiger partial charge in [-0.1, -0.05) is 33.6 Å². The molecule has 110 valence electrons. The molecule has 1 amide bonds. The van der Waals surface area contributed by atoms with Gasteiger partial charge in [-0.15, -0.1) is 0 Å². The summed E-state index contributed by atoms with van der Waals surface area (Å²) in [6.45, 7) is 6.09. The van der Waals surface area contributed by atoms with Gasteiger partial charge in [-0.2, -0.15) is 0 Å². The van der Waals surface area contributed by atoms with Crippen LogP contribution in [0.2, 0.25) is 0 Å². The lowest BCUT2D eigenvalue weighted by Crippen LogP contribution is -2.43. The molecule has 0 aliphatic heterocycles. The van der Waals surface area contributed by atoms with Crippen molar-refractivity contribution in [3.8, 4) is 0 Å². The number of aliphatic carboxylic acids is 1. The van der Waals surface area contributed by atoms with E-state index in [4.69, 9.17) is 9.84 Å². The maximum atomic E-state index is 12.1. The second kappa shape index (κ2) is 6.89. The van der Waals surface area contributed by atoms with Gasteiger partial charge >= 0.3 is 5.97 Å². The predicted molar refractivity (Wildman–Crippen MR) is 71.9 cm³/mol. The Morgan fingerprint density at radius 2 is 1.84 bits per heavy atom. The summed E-state index contributed by atoms with van der Waals surface area (Å²) in [5.74, 6) is -1.22. The van der Waals surface area contributed by atoms with Crippen molar-refractivity contribution in [3.63, 3.8) is 0 Å². The number of amides is 1. The van der Waals surface area contributed by atoms with Crippen molar-refractivity contribution >= 4 is 11.9 Å². The van der Waals surface area contributed by atoms with Crippen LogP contribution in [0.5, 0.6) is 0 Å². The highest BCUT2D eigenvalue weighted by atomic mass is 16.5. The quantitative estimate of drug-likeness (QED) is 0.801. The van der Waals surface area contributed by atoms with E-state index >= 15 is 0 Å². The lowest BCUT2D eigenvalue weighted by Gasteiger charge is -2.29. The Hall–Kier alpha value is -1.10. The fraction of sp³-hybridized carbons (Fsp3) is 0.857. The third kappa shape index (κ3) is 6.57. The average molecular weight is 271 g/mol. The third-order valence-corrected chi connectivity index (χ3v) is 3.09. The van der Waals surface area contributed by atoms with Crippen LogP contribution >= 0.6 is 0 Å². The Bertz CT molecular complexity index is 316. The van der Waals surface area contributed by atoms with Crippen LogP contribution in [-0.4, -0.2) is 47.7 Å². The molecule has 19 heavy (non-hydrogen) atoms. The van der Waals surface area contributed by atoms with E-state index in [1.165, 1.54) is 4.90 Å². The minimum Gasteiger partial charge on any atom is -0.480 e. The summed E-state index contributed by atoms with van der Waals surface area (Å²) in [6, 6.07) is 0. The molecule has 1 aliphatic carbocycles. The minimum absolute atomic E-state index is 0.00593. The Morgan fingerprint density at radius 1 is 1.26 bits per heavy atom. The molecule has 0 bridgehead atoms. The van der Waals surface area contributed by atoms with Crippen molar-refractivity contribution in [2.24, 2.45) is 5.41 Å². The molecule has 0 saturated heterocycles. The van der Waals surface area contributed by atoms with Gasteiger partial charge in [0.05, 0.1) is 6.10 Å². The molecule has 1 rings (SSSR count). The molecule has 0 aromatic rings. The Labute approximate surface area is 114 Å². The first-order chi connectivity index (χ1) is 8.78.